The summed E-state index contributed by atoms with van der Waals surface area (Å²) < 4.78 is 4.10. The molecule has 2 aromatic rings. The molecule has 1 aromatic heterocycles. The average Bonchev–Trinajstić information content (AvgIpc) is 2.69. The van der Waals surface area contributed by atoms with E-state index >= 15 is 0 Å². The maximum atomic E-state index is 10.5. The van der Waals surface area contributed by atoms with Crippen LogP contribution in [0.4, 0.5) is 4.79 Å². The number of aryl methyl sites for hydroxylation is 1. The lowest BCUT2D eigenvalue weighted by Crippen LogP contribution is -2.25. The lowest BCUT2D eigenvalue weighted by Gasteiger charge is -2.04. The summed E-state index contributed by atoms with van der Waals surface area (Å²) in [6.07, 6.45) is 0.704. The topological polar surface area (TPSA) is 72.4 Å². The molecule has 0 radical (unpaired) electrons. The predicted octanol–water partition coefficient (Wildman–Crippen LogP) is 2.87. The zero-order valence-corrected chi connectivity index (χ0v) is 12.1. The molecule has 7 heteroatoms. The van der Waals surface area contributed by atoms with E-state index < -0.39 is 6.03 Å². The number of nitrogens with zero attached hydrogens (tertiary/aromatic N) is 2. The van der Waals surface area contributed by atoms with Crippen molar-refractivity contribution < 1.29 is 4.79 Å². The van der Waals surface area contributed by atoms with Crippen molar-refractivity contribution in [2.75, 3.05) is 0 Å². The van der Waals surface area contributed by atoms with Crippen LogP contribution in [0.3, 0.4) is 0 Å². The Kier molecular flexibility index (Phi) is 4.28. The van der Waals surface area contributed by atoms with Gasteiger partial charge in [-0.3, -0.25) is 0 Å². The lowest BCUT2D eigenvalue weighted by molar-refractivity contribution is 0.249. The molecule has 2 amide bonds. The fourth-order valence-corrected chi connectivity index (χ4v) is 3.08. The van der Waals surface area contributed by atoms with Gasteiger partial charge in [0.1, 0.15) is 0 Å². The van der Waals surface area contributed by atoms with Gasteiger partial charge in [0.25, 0.3) is 0 Å². The molecule has 0 unspecified atom stereocenters. The fraction of sp³-hybridized carbons (Fsp3) is 0.250. The molecule has 0 aliphatic heterocycles. The average molecular weight is 294 g/mol. The van der Waals surface area contributed by atoms with Gasteiger partial charge in [0.15, 0.2) is 3.95 Å². The highest BCUT2D eigenvalue weighted by atomic mass is 32.1. The molecule has 0 spiro atoms. The summed E-state index contributed by atoms with van der Waals surface area (Å²) in [6, 6.07) is 7.45. The number of hydrogen-bond acceptors (Lipinski definition) is 4. The third-order valence-electron chi connectivity index (χ3n) is 2.63. The number of thiazole rings is 1. The van der Waals surface area contributed by atoms with Crippen LogP contribution in [-0.4, -0.2) is 16.3 Å². The van der Waals surface area contributed by atoms with Crippen molar-refractivity contribution in [3.63, 3.8) is 0 Å². The first kappa shape index (κ1) is 13.7. The van der Waals surface area contributed by atoms with Gasteiger partial charge < -0.3 is 10.3 Å². The number of nitrogens with two attached hydrogens (primary N) is 1. The van der Waals surface area contributed by atoms with Crippen molar-refractivity contribution in [1.82, 2.24) is 9.99 Å². The minimum Gasteiger partial charge on any atom is -0.350 e. The van der Waals surface area contributed by atoms with Gasteiger partial charge in [0, 0.05) is 18.7 Å². The molecule has 0 aliphatic carbocycles. The molecule has 2 rings (SSSR count). The van der Waals surface area contributed by atoms with Crippen molar-refractivity contribution in [2.24, 2.45) is 10.8 Å². The molecule has 0 atom stereocenters. The van der Waals surface area contributed by atoms with Crippen molar-refractivity contribution in [1.29, 1.82) is 0 Å². The summed E-state index contributed by atoms with van der Waals surface area (Å²) in [5.41, 5.74) is 9.11. The quantitative estimate of drug-likeness (QED) is 0.517. The van der Waals surface area contributed by atoms with Gasteiger partial charge in [-0.1, -0.05) is 12.1 Å². The molecule has 0 bridgehead atoms. The number of rotatable bonds is 4. The molecule has 0 fully saturated rings. The summed E-state index contributed by atoms with van der Waals surface area (Å²) in [5, 5.41) is 3.88. The Morgan fingerprint density at radius 3 is 3.00 bits per heavy atom. The zero-order chi connectivity index (χ0) is 13.8. The van der Waals surface area contributed by atoms with Crippen LogP contribution in [0, 0.1) is 3.95 Å². The second-order valence-corrected chi connectivity index (χ2v) is 5.74. The van der Waals surface area contributed by atoms with Crippen molar-refractivity contribution in [3.8, 4) is 0 Å². The van der Waals surface area contributed by atoms with Gasteiger partial charge in [0.05, 0.1) is 10.2 Å². The number of urea groups is 1. The highest BCUT2D eigenvalue weighted by Crippen LogP contribution is 2.22. The molecule has 3 N–H and O–H groups in total. The second kappa shape index (κ2) is 5.94. The largest absolute Gasteiger partial charge is 0.350 e. The van der Waals surface area contributed by atoms with E-state index in [0.717, 1.165) is 21.7 Å². The third kappa shape index (κ3) is 3.39. The Balaban J connectivity index is 2.14. The fourth-order valence-electron chi connectivity index (χ4n) is 1.71. The number of carbonyl (C=O) groups is 1. The van der Waals surface area contributed by atoms with E-state index in [1.54, 1.807) is 11.3 Å². The molecule has 0 saturated heterocycles. The predicted molar refractivity (Wildman–Crippen MR) is 81.1 cm³/mol. The summed E-state index contributed by atoms with van der Waals surface area (Å²) in [5.74, 6) is 0. The van der Waals surface area contributed by atoms with Crippen LogP contribution in [0.25, 0.3) is 10.2 Å². The van der Waals surface area contributed by atoms with E-state index in [0.29, 0.717) is 6.42 Å². The first-order valence-corrected chi connectivity index (χ1v) is 6.97. The number of fused-ring (bicyclic) bond motifs is 1. The molecule has 5 nitrogen and oxygen atoms in total. The molecular formula is C12H14N4OS2. The highest BCUT2D eigenvalue weighted by Gasteiger charge is 2.04. The highest BCUT2D eigenvalue weighted by molar-refractivity contribution is 7.73. The molecular weight excluding hydrogens is 280 g/mol. The van der Waals surface area contributed by atoms with Crippen molar-refractivity contribution >= 4 is 45.5 Å². The van der Waals surface area contributed by atoms with Gasteiger partial charge in [-0.25, -0.2) is 10.2 Å². The molecule has 100 valence electrons. The van der Waals surface area contributed by atoms with E-state index in [1.165, 1.54) is 4.70 Å². The number of aromatic nitrogens is 1. The standard InChI is InChI=1S/C12H14N4OS2/c1-8(14-15-11(13)17)6-7-16-9-4-2-3-5-10(9)19-12(16)18/h2-5H,6-7H2,1H3,(H3,13,15,17)/b14-8+. The summed E-state index contributed by atoms with van der Waals surface area (Å²) in [7, 11) is 0. The van der Waals surface area contributed by atoms with Crippen LogP contribution in [0.2, 0.25) is 0 Å². The maximum absolute atomic E-state index is 10.5. The van der Waals surface area contributed by atoms with Gasteiger partial charge in [-0.05, 0) is 31.3 Å². The SMILES string of the molecule is C/C(CCn1c(=S)sc2ccccc21)=N\NC(N)=O. The van der Waals surface area contributed by atoms with Gasteiger partial charge in [-0.2, -0.15) is 5.10 Å². The second-order valence-electron chi connectivity index (χ2n) is 4.06. The van der Waals surface area contributed by atoms with Crippen LogP contribution < -0.4 is 11.2 Å². The van der Waals surface area contributed by atoms with Crippen LogP contribution in [-0.2, 0) is 6.54 Å². The minimum atomic E-state index is -0.656. The third-order valence-corrected chi connectivity index (χ3v) is 4.06. The van der Waals surface area contributed by atoms with E-state index in [1.807, 2.05) is 19.1 Å². The van der Waals surface area contributed by atoms with Crippen LogP contribution in [0.15, 0.2) is 29.4 Å². The molecule has 0 aliphatic rings. The van der Waals surface area contributed by atoms with Crippen molar-refractivity contribution in [3.05, 3.63) is 28.2 Å². The monoisotopic (exact) mass is 294 g/mol. The summed E-state index contributed by atoms with van der Waals surface area (Å²) in [6.45, 7) is 2.58. The molecule has 1 heterocycles. The number of hydrazone groups is 1. The van der Waals surface area contributed by atoms with E-state index in [4.69, 9.17) is 18.0 Å². The Labute approximate surface area is 119 Å². The lowest BCUT2D eigenvalue weighted by atomic mass is 10.3. The van der Waals surface area contributed by atoms with Gasteiger partial charge in [-0.15, -0.1) is 11.3 Å². The summed E-state index contributed by atoms with van der Waals surface area (Å²) in [4.78, 5) is 10.5. The number of hydrogen-bond donors (Lipinski definition) is 2. The molecule has 19 heavy (non-hydrogen) atoms. The van der Waals surface area contributed by atoms with Crippen LogP contribution in [0.1, 0.15) is 13.3 Å². The Morgan fingerprint density at radius 1 is 1.53 bits per heavy atom. The van der Waals surface area contributed by atoms with Crippen LogP contribution in [0.5, 0.6) is 0 Å². The van der Waals surface area contributed by atoms with Gasteiger partial charge >= 0.3 is 6.03 Å². The Bertz CT molecular complexity index is 686. The Morgan fingerprint density at radius 2 is 2.26 bits per heavy atom. The van der Waals surface area contributed by atoms with E-state index in [9.17, 15) is 4.79 Å². The normalized spacial score (nSPS) is 11.7. The first-order valence-electron chi connectivity index (χ1n) is 5.75. The van der Waals surface area contributed by atoms with E-state index in [-0.39, 0.29) is 0 Å². The first-order chi connectivity index (χ1) is 9.08. The number of nitrogens with one attached hydrogen (secondary N) is 1. The molecule has 0 saturated carbocycles. The number of benzene rings is 1. The van der Waals surface area contributed by atoms with Crippen LogP contribution >= 0.6 is 23.6 Å². The Hall–Kier alpha value is -1.73. The zero-order valence-electron chi connectivity index (χ0n) is 10.4. The number of para-hydroxylation sites is 1. The van der Waals surface area contributed by atoms with Crippen molar-refractivity contribution in [2.45, 2.75) is 19.9 Å². The smallest absolute Gasteiger partial charge is 0.332 e. The number of amides is 2. The summed E-state index contributed by atoms with van der Waals surface area (Å²) >= 11 is 6.96. The number of primary amides is 1. The minimum absolute atomic E-state index is 0.656. The molecule has 1 aromatic carbocycles. The maximum Gasteiger partial charge on any atom is 0.332 e. The van der Waals surface area contributed by atoms with Gasteiger partial charge in [0.2, 0.25) is 0 Å². The number of carbonyl (C=O) groups excluding carboxylic acids is 1. The van der Waals surface area contributed by atoms with E-state index in [2.05, 4.69) is 27.2 Å².